The Morgan fingerprint density at radius 3 is 2.06 bits per heavy atom. The Kier molecular flexibility index (Phi) is 11.0. The highest BCUT2D eigenvalue weighted by Gasteiger charge is 2.23. The van der Waals surface area contributed by atoms with Crippen molar-refractivity contribution in [3.63, 3.8) is 0 Å². The van der Waals surface area contributed by atoms with E-state index in [1.165, 1.54) is 0 Å². The van der Waals surface area contributed by atoms with Crippen LogP contribution in [-0.4, -0.2) is 35.8 Å². The normalized spacial score (nSPS) is 17.1. The molecule has 0 N–H and O–H groups in total. The zero-order valence-corrected chi connectivity index (χ0v) is 11.6. The maximum Gasteiger partial charge on any atom is 0.269 e. The highest BCUT2D eigenvalue weighted by atomic mass is 16.2. The van der Waals surface area contributed by atoms with Crippen molar-refractivity contribution in [1.29, 1.82) is 0 Å². The van der Waals surface area contributed by atoms with Crippen molar-refractivity contribution in [3.8, 4) is 0 Å². The summed E-state index contributed by atoms with van der Waals surface area (Å²) in [5.41, 5.74) is 0.721. The summed E-state index contributed by atoms with van der Waals surface area (Å²) in [6.07, 6.45) is 3.51. The van der Waals surface area contributed by atoms with Gasteiger partial charge in [0.05, 0.1) is 0 Å². The van der Waals surface area contributed by atoms with Crippen LogP contribution in [0.4, 0.5) is 0 Å². The summed E-state index contributed by atoms with van der Waals surface area (Å²) < 4.78 is 0. The molecule has 94 valence electrons. The van der Waals surface area contributed by atoms with Crippen molar-refractivity contribution in [3.05, 3.63) is 24.6 Å². The lowest BCUT2D eigenvalue weighted by molar-refractivity contribution is -0.129. The predicted molar refractivity (Wildman–Crippen MR) is 71.0 cm³/mol. The van der Waals surface area contributed by atoms with Gasteiger partial charge in [-0.15, -0.1) is 0 Å². The lowest BCUT2D eigenvalue weighted by Gasteiger charge is -2.33. The van der Waals surface area contributed by atoms with Gasteiger partial charge in [-0.2, -0.15) is 0 Å². The molecule has 16 heavy (non-hydrogen) atoms. The third kappa shape index (κ3) is 4.51. The van der Waals surface area contributed by atoms with E-state index in [0.29, 0.717) is 0 Å². The molecule has 0 aliphatic carbocycles. The summed E-state index contributed by atoms with van der Waals surface area (Å²) >= 11 is 0. The molecule has 0 atom stereocenters. The van der Waals surface area contributed by atoms with Crippen LogP contribution in [0.25, 0.3) is 0 Å². The van der Waals surface area contributed by atoms with E-state index in [1.807, 2.05) is 52.6 Å². The van der Waals surface area contributed by atoms with Crippen LogP contribution in [0.3, 0.4) is 0 Å². The Hall–Kier alpha value is -1.25. The highest BCUT2D eigenvalue weighted by molar-refractivity contribution is 5.93. The maximum atomic E-state index is 11.5. The minimum atomic E-state index is 0.0728. The van der Waals surface area contributed by atoms with Gasteiger partial charge >= 0.3 is 0 Å². The van der Waals surface area contributed by atoms with E-state index < -0.39 is 0 Å². The average molecular weight is 226 g/mol. The molecule has 0 bridgehead atoms. The number of likely N-dealkylation sites (N-methyl/N-ethyl adjacent to an activating group) is 1. The van der Waals surface area contributed by atoms with Crippen LogP contribution in [0.15, 0.2) is 24.6 Å². The molecule has 0 unspecified atom stereocenters. The first-order valence-corrected chi connectivity index (χ1v) is 6.01. The number of carbonyl (C=O) groups is 1. The Morgan fingerprint density at radius 1 is 1.19 bits per heavy atom. The van der Waals surface area contributed by atoms with Gasteiger partial charge < -0.3 is 9.80 Å². The minimum Gasteiger partial charge on any atom is -0.343 e. The van der Waals surface area contributed by atoms with E-state index in [0.717, 1.165) is 18.8 Å². The molecule has 1 fully saturated rings. The number of carbonyl (C=O) groups excluding carboxylic acids is 1. The molecule has 0 saturated carbocycles. The first-order chi connectivity index (χ1) is 7.70. The molecule has 1 aliphatic rings. The Labute approximate surface area is 100 Å². The van der Waals surface area contributed by atoms with Gasteiger partial charge in [-0.25, -0.2) is 0 Å². The summed E-state index contributed by atoms with van der Waals surface area (Å²) in [4.78, 5) is 15.1. The first kappa shape index (κ1) is 17.2. The largest absolute Gasteiger partial charge is 0.343 e. The summed E-state index contributed by atoms with van der Waals surface area (Å²) in [5, 5.41) is 0. The fraction of sp³-hybridized carbons (Fsp3) is 0.615. The molecule has 1 amide bonds. The van der Waals surface area contributed by atoms with E-state index in [2.05, 4.69) is 6.58 Å². The lowest BCUT2D eigenvalue weighted by atomic mass is 10.2. The van der Waals surface area contributed by atoms with Gasteiger partial charge in [0, 0.05) is 20.1 Å². The van der Waals surface area contributed by atoms with Crippen molar-refractivity contribution in [2.24, 2.45) is 0 Å². The van der Waals surface area contributed by atoms with Crippen LogP contribution in [0.5, 0.6) is 0 Å². The molecular weight excluding hydrogens is 200 g/mol. The van der Waals surface area contributed by atoms with Crippen LogP contribution >= 0.6 is 0 Å². The van der Waals surface area contributed by atoms with Crippen molar-refractivity contribution in [2.45, 2.75) is 34.6 Å². The van der Waals surface area contributed by atoms with E-state index in [4.69, 9.17) is 0 Å². The SMILES string of the molecule is C=CN1CCN(C)C(=O)/C1=C/C.CC.CC. The summed E-state index contributed by atoms with van der Waals surface area (Å²) in [6.45, 7) is 15.1. The number of piperazine rings is 1. The van der Waals surface area contributed by atoms with Crippen molar-refractivity contribution >= 4 is 5.91 Å². The molecule has 0 spiro atoms. The van der Waals surface area contributed by atoms with E-state index >= 15 is 0 Å². The maximum absolute atomic E-state index is 11.5. The van der Waals surface area contributed by atoms with E-state index in [-0.39, 0.29) is 5.91 Å². The van der Waals surface area contributed by atoms with E-state index in [9.17, 15) is 4.79 Å². The van der Waals surface area contributed by atoms with Crippen LogP contribution in [-0.2, 0) is 4.79 Å². The smallest absolute Gasteiger partial charge is 0.269 e. The quantitative estimate of drug-likeness (QED) is 0.642. The number of nitrogens with zero attached hydrogens (tertiary/aromatic N) is 2. The van der Waals surface area contributed by atoms with Gasteiger partial charge in [0.25, 0.3) is 5.91 Å². The van der Waals surface area contributed by atoms with Crippen molar-refractivity contribution in [2.75, 3.05) is 20.1 Å². The second-order valence-electron chi connectivity index (χ2n) is 2.78. The molecule has 1 saturated heterocycles. The highest BCUT2D eigenvalue weighted by Crippen LogP contribution is 2.13. The van der Waals surface area contributed by atoms with E-state index in [1.54, 1.807) is 11.1 Å². The van der Waals surface area contributed by atoms with Crippen LogP contribution in [0, 0.1) is 0 Å². The molecule has 3 nitrogen and oxygen atoms in total. The number of hydrogen-bond acceptors (Lipinski definition) is 2. The number of amides is 1. The van der Waals surface area contributed by atoms with Gasteiger partial charge in [0.1, 0.15) is 5.70 Å². The van der Waals surface area contributed by atoms with Gasteiger partial charge in [-0.1, -0.05) is 40.3 Å². The second kappa shape index (κ2) is 10.3. The van der Waals surface area contributed by atoms with Crippen molar-refractivity contribution < 1.29 is 4.79 Å². The molecule has 1 aliphatic heterocycles. The zero-order chi connectivity index (χ0) is 13.1. The molecule has 1 rings (SSSR count). The van der Waals surface area contributed by atoms with Crippen LogP contribution < -0.4 is 0 Å². The fourth-order valence-corrected chi connectivity index (χ4v) is 1.28. The lowest BCUT2D eigenvalue weighted by Crippen LogP contribution is -2.44. The molecule has 0 radical (unpaired) electrons. The fourth-order valence-electron chi connectivity index (χ4n) is 1.28. The molecule has 0 aromatic rings. The number of rotatable bonds is 1. The monoisotopic (exact) mass is 226 g/mol. The summed E-state index contributed by atoms with van der Waals surface area (Å²) in [7, 11) is 1.81. The third-order valence-electron chi connectivity index (χ3n) is 2.05. The molecular formula is C13H26N2O. The molecule has 0 aromatic heterocycles. The summed E-state index contributed by atoms with van der Waals surface area (Å²) in [5.74, 6) is 0.0728. The average Bonchev–Trinajstić information content (AvgIpc) is 2.37. The topological polar surface area (TPSA) is 23.6 Å². The van der Waals surface area contributed by atoms with Crippen LogP contribution in [0.2, 0.25) is 0 Å². The van der Waals surface area contributed by atoms with Crippen molar-refractivity contribution in [1.82, 2.24) is 9.80 Å². The third-order valence-corrected chi connectivity index (χ3v) is 2.05. The zero-order valence-electron chi connectivity index (χ0n) is 11.6. The van der Waals surface area contributed by atoms with Gasteiger partial charge in [-0.3, -0.25) is 4.79 Å². The molecule has 3 heteroatoms. The molecule has 1 heterocycles. The molecule has 0 aromatic carbocycles. The Bertz CT molecular complexity index is 234. The van der Waals surface area contributed by atoms with Gasteiger partial charge in [-0.05, 0) is 13.1 Å². The van der Waals surface area contributed by atoms with Gasteiger partial charge in [0.2, 0.25) is 0 Å². The summed E-state index contributed by atoms with van der Waals surface area (Å²) in [6, 6.07) is 0. The first-order valence-electron chi connectivity index (χ1n) is 6.01. The van der Waals surface area contributed by atoms with Crippen LogP contribution in [0.1, 0.15) is 34.6 Å². The minimum absolute atomic E-state index is 0.0728. The number of allylic oxidation sites excluding steroid dienone is 1. The predicted octanol–water partition coefficient (Wildman–Crippen LogP) is 2.86. The standard InChI is InChI=1S/C9H14N2O.2C2H6/c1-4-8-9(12)10(3)6-7-11(8)5-2;2*1-2/h4-5H,2,6-7H2,1,3H3;2*1-2H3/b8-4-;;. The number of hydrogen-bond donors (Lipinski definition) is 0. The second-order valence-corrected chi connectivity index (χ2v) is 2.78. The Balaban J connectivity index is 0. The Morgan fingerprint density at radius 2 is 1.69 bits per heavy atom. The van der Waals surface area contributed by atoms with Gasteiger partial charge in [0.15, 0.2) is 0 Å².